The van der Waals surface area contributed by atoms with Crippen LogP contribution in [-0.2, 0) is 14.3 Å². The highest BCUT2D eigenvalue weighted by molar-refractivity contribution is 7.86. The lowest BCUT2D eigenvalue weighted by Crippen LogP contribution is -2.18. The molecule has 1 fully saturated rings. The van der Waals surface area contributed by atoms with Crippen LogP contribution in [0.25, 0.3) is 0 Å². The Balaban J connectivity index is 0.000000956. The highest BCUT2D eigenvalue weighted by Crippen LogP contribution is 2.24. The quantitative estimate of drug-likeness (QED) is 0.688. The van der Waals surface area contributed by atoms with Crippen LogP contribution in [0.2, 0.25) is 0 Å². The molecule has 1 aromatic carbocycles. The number of benzene rings is 1. The minimum atomic E-state index is -3.59. The first kappa shape index (κ1) is 17.1. The molecule has 0 aliphatic heterocycles. The van der Waals surface area contributed by atoms with Gasteiger partial charge in [-0.1, -0.05) is 43.4 Å². The summed E-state index contributed by atoms with van der Waals surface area (Å²) in [6, 6.07) is 6.81. The van der Waals surface area contributed by atoms with Gasteiger partial charge in [-0.2, -0.15) is 8.42 Å². The number of aliphatic hydroxyl groups is 1. The van der Waals surface area contributed by atoms with Gasteiger partial charge in [0.1, 0.15) is 0 Å². The van der Waals surface area contributed by atoms with Crippen LogP contribution in [0.3, 0.4) is 0 Å². The maximum absolute atomic E-state index is 12.1. The van der Waals surface area contributed by atoms with Crippen LogP contribution in [-0.4, -0.2) is 26.7 Å². The maximum atomic E-state index is 12.1. The predicted octanol–water partition coefficient (Wildman–Crippen LogP) is 3.03. The summed E-state index contributed by atoms with van der Waals surface area (Å²) in [6.07, 6.45) is 6.06. The molecule has 0 aromatic heterocycles. The highest BCUT2D eigenvalue weighted by Gasteiger charge is 2.22. The van der Waals surface area contributed by atoms with Crippen LogP contribution in [0.4, 0.5) is 0 Å². The topological polar surface area (TPSA) is 63.6 Å². The molecular formula is C15H24O4S. The molecule has 114 valence electrons. The van der Waals surface area contributed by atoms with Crippen LogP contribution in [0.5, 0.6) is 0 Å². The molecule has 1 N–H and O–H groups in total. The van der Waals surface area contributed by atoms with Crippen molar-refractivity contribution in [2.45, 2.75) is 56.4 Å². The Morgan fingerprint density at radius 1 is 1.00 bits per heavy atom. The lowest BCUT2D eigenvalue weighted by atomic mass is 10.2. The van der Waals surface area contributed by atoms with Gasteiger partial charge in [0.25, 0.3) is 10.1 Å². The molecule has 0 bridgehead atoms. The Morgan fingerprint density at radius 3 is 2.00 bits per heavy atom. The molecule has 4 nitrogen and oxygen atoms in total. The summed E-state index contributed by atoms with van der Waals surface area (Å²) in [5.74, 6) is 0. The van der Waals surface area contributed by atoms with Crippen molar-refractivity contribution in [2.75, 3.05) is 7.11 Å². The average molecular weight is 300 g/mol. The lowest BCUT2D eigenvalue weighted by Gasteiger charge is -2.15. The van der Waals surface area contributed by atoms with Gasteiger partial charge < -0.3 is 5.11 Å². The van der Waals surface area contributed by atoms with Crippen molar-refractivity contribution in [3.8, 4) is 0 Å². The van der Waals surface area contributed by atoms with Crippen molar-refractivity contribution in [2.24, 2.45) is 0 Å². The summed E-state index contributed by atoms with van der Waals surface area (Å²) in [4.78, 5) is 0.261. The van der Waals surface area contributed by atoms with E-state index in [0.717, 1.165) is 38.4 Å². The first-order valence-corrected chi connectivity index (χ1v) is 8.43. The van der Waals surface area contributed by atoms with Gasteiger partial charge in [-0.05, 0) is 31.9 Å². The molecule has 1 saturated carbocycles. The van der Waals surface area contributed by atoms with E-state index in [-0.39, 0.29) is 11.0 Å². The standard InChI is InChI=1S/C14H20O3S.CH4O/c1-12-8-10-14(11-9-12)18(15,16)17-13-6-4-2-3-5-7-13;1-2/h8-11,13H,2-7H2,1H3;2H,1H3. The zero-order valence-electron chi connectivity index (χ0n) is 12.2. The van der Waals surface area contributed by atoms with Gasteiger partial charge in [0.2, 0.25) is 0 Å². The van der Waals surface area contributed by atoms with E-state index in [0.29, 0.717) is 0 Å². The van der Waals surface area contributed by atoms with Gasteiger partial charge in [-0.15, -0.1) is 0 Å². The van der Waals surface area contributed by atoms with Crippen LogP contribution >= 0.6 is 0 Å². The minimum absolute atomic E-state index is 0.140. The molecule has 0 saturated heterocycles. The molecular weight excluding hydrogens is 276 g/mol. The van der Waals surface area contributed by atoms with Crippen molar-refractivity contribution in [1.82, 2.24) is 0 Å². The maximum Gasteiger partial charge on any atom is 0.297 e. The number of hydrogen-bond acceptors (Lipinski definition) is 4. The van der Waals surface area contributed by atoms with E-state index in [2.05, 4.69) is 0 Å². The lowest BCUT2D eigenvalue weighted by molar-refractivity contribution is 0.191. The second-order valence-electron chi connectivity index (χ2n) is 4.98. The van der Waals surface area contributed by atoms with Crippen molar-refractivity contribution in [1.29, 1.82) is 0 Å². The summed E-state index contributed by atoms with van der Waals surface area (Å²) >= 11 is 0. The van der Waals surface area contributed by atoms with E-state index in [1.54, 1.807) is 24.3 Å². The molecule has 0 spiro atoms. The second-order valence-corrected chi connectivity index (χ2v) is 6.55. The van der Waals surface area contributed by atoms with Gasteiger partial charge in [0, 0.05) is 7.11 Å². The van der Waals surface area contributed by atoms with E-state index in [9.17, 15) is 8.42 Å². The van der Waals surface area contributed by atoms with Crippen LogP contribution < -0.4 is 0 Å². The van der Waals surface area contributed by atoms with Gasteiger partial charge in [-0.3, -0.25) is 4.18 Å². The predicted molar refractivity (Wildman–Crippen MR) is 79.1 cm³/mol. The molecule has 0 radical (unpaired) electrons. The monoisotopic (exact) mass is 300 g/mol. The third-order valence-corrected chi connectivity index (χ3v) is 4.75. The zero-order chi connectivity index (χ0) is 15.0. The summed E-state index contributed by atoms with van der Waals surface area (Å²) in [5, 5.41) is 7.00. The van der Waals surface area contributed by atoms with Crippen molar-refractivity contribution >= 4 is 10.1 Å². The first-order chi connectivity index (χ1) is 9.58. The van der Waals surface area contributed by atoms with Crippen molar-refractivity contribution < 1.29 is 17.7 Å². The molecule has 1 aromatic rings. The van der Waals surface area contributed by atoms with Gasteiger partial charge in [0.15, 0.2) is 0 Å². The summed E-state index contributed by atoms with van der Waals surface area (Å²) in [6.45, 7) is 1.93. The first-order valence-electron chi connectivity index (χ1n) is 7.02. The third-order valence-electron chi connectivity index (χ3n) is 3.37. The number of aryl methyl sites for hydroxylation is 1. The van der Waals surface area contributed by atoms with Gasteiger partial charge in [0.05, 0.1) is 11.0 Å². The Labute approximate surface area is 121 Å². The van der Waals surface area contributed by atoms with E-state index in [1.165, 1.54) is 12.8 Å². The van der Waals surface area contributed by atoms with Gasteiger partial charge >= 0.3 is 0 Å². The molecule has 20 heavy (non-hydrogen) atoms. The Hall–Kier alpha value is -0.910. The summed E-state index contributed by atoms with van der Waals surface area (Å²) in [7, 11) is -2.59. The Bertz CT molecular complexity index is 471. The molecule has 0 heterocycles. The largest absolute Gasteiger partial charge is 0.400 e. The smallest absolute Gasteiger partial charge is 0.297 e. The Kier molecular flexibility index (Phi) is 7.19. The molecule has 0 amide bonds. The van der Waals surface area contributed by atoms with Crippen molar-refractivity contribution in [3.05, 3.63) is 29.8 Å². The Morgan fingerprint density at radius 2 is 1.50 bits per heavy atom. The number of rotatable bonds is 3. The summed E-state index contributed by atoms with van der Waals surface area (Å²) in [5.41, 5.74) is 1.04. The SMILES string of the molecule is CO.Cc1ccc(S(=O)(=O)OC2CCCCCC2)cc1. The van der Waals surface area contributed by atoms with E-state index < -0.39 is 10.1 Å². The number of hydrogen-bond donors (Lipinski definition) is 1. The van der Waals surface area contributed by atoms with Crippen LogP contribution in [0, 0.1) is 6.92 Å². The fourth-order valence-electron chi connectivity index (χ4n) is 2.28. The number of aliphatic hydroxyl groups excluding tert-OH is 1. The van der Waals surface area contributed by atoms with E-state index in [4.69, 9.17) is 9.29 Å². The fourth-order valence-corrected chi connectivity index (χ4v) is 3.41. The van der Waals surface area contributed by atoms with Crippen molar-refractivity contribution in [3.63, 3.8) is 0 Å². The second kappa shape index (κ2) is 8.39. The van der Waals surface area contributed by atoms with Crippen LogP contribution in [0.15, 0.2) is 29.2 Å². The van der Waals surface area contributed by atoms with Crippen LogP contribution in [0.1, 0.15) is 44.1 Å². The molecule has 5 heteroatoms. The van der Waals surface area contributed by atoms with Gasteiger partial charge in [-0.25, -0.2) is 0 Å². The average Bonchev–Trinajstić information content (AvgIpc) is 2.69. The fraction of sp³-hybridized carbons (Fsp3) is 0.600. The normalized spacial score (nSPS) is 16.9. The van der Waals surface area contributed by atoms with E-state index in [1.807, 2.05) is 6.92 Å². The van der Waals surface area contributed by atoms with E-state index >= 15 is 0 Å². The summed E-state index contributed by atoms with van der Waals surface area (Å²) < 4.78 is 29.6. The third kappa shape index (κ3) is 5.23. The molecule has 1 aliphatic carbocycles. The molecule has 1 aliphatic rings. The molecule has 0 unspecified atom stereocenters. The highest BCUT2D eigenvalue weighted by atomic mass is 32.2. The zero-order valence-corrected chi connectivity index (χ0v) is 13.0. The molecule has 0 atom stereocenters. The minimum Gasteiger partial charge on any atom is -0.400 e. The molecule has 2 rings (SSSR count).